The SMILES string of the molecule is O=C(c1nc2n(n1)[C@H](c1ccccc1)CC2(F)F)C1C[C@@H]1F. The fraction of sp³-hybridized carbons (Fsp3) is 0.400. The lowest BCUT2D eigenvalue weighted by atomic mass is 10.0. The zero-order chi connectivity index (χ0) is 15.5. The van der Waals surface area contributed by atoms with Crippen molar-refractivity contribution in [1.82, 2.24) is 14.8 Å². The fourth-order valence-electron chi connectivity index (χ4n) is 2.85. The summed E-state index contributed by atoms with van der Waals surface area (Å²) >= 11 is 0. The minimum absolute atomic E-state index is 0.126. The van der Waals surface area contributed by atoms with Crippen molar-refractivity contribution in [1.29, 1.82) is 0 Å². The molecule has 7 heteroatoms. The van der Waals surface area contributed by atoms with Crippen molar-refractivity contribution in [2.45, 2.75) is 31.0 Å². The smallest absolute Gasteiger partial charge is 0.290 e. The summed E-state index contributed by atoms with van der Waals surface area (Å²) in [6.45, 7) is 0. The number of hydrogen-bond donors (Lipinski definition) is 0. The van der Waals surface area contributed by atoms with E-state index >= 15 is 0 Å². The summed E-state index contributed by atoms with van der Waals surface area (Å²) in [5.41, 5.74) is 0.680. The first-order chi connectivity index (χ1) is 10.5. The van der Waals surface area contributed by atoms with Gasteiger partial charge in [0.15, 0.2) is 5.82 Å². The molecule has 1 aromatic carbocycles. The van der Waals surface area contributed by atoms with E-state index in [0.717, 1.165) is 4.68 Å². The Morgan fingerprint density at radius 3 is 2.59 bits per heavy atom. The zero-order valence-electron chi connectivity index (χ0n) is 11.4. The molecule has 2 aromatic rings. The number of rotatable bonds is 3. The van der Waals surface area contributed by atoms with Crippen LogP contribution < -0.4 is 0 Å². The van der Waals surface area contributed by atoms with E-state index in [1.165, 1.54) is 0 Å². The van der Waals surface area contributed by atoms with Crippen LogP contribution in [0.2, 0.25) is 0 Å². The van der Waals surface area contributed by atoms with Gasteiger partial charge in [-0.05, 0) is 12.0 Å². The van der Waals surface area contributed by atoms with E-state index in [1.54, 1.807) is 30.3 Å². The number of benzene rings is 1. The van der Waals surface area contributed by atoms with Crippen molar-refractivity contribution in [3.05, 3.63) is 47.5 Å². The highest BCUT2D eigenvalue weighted by molar-refractivity contribution is 5.96. The molecule has 1 saturated carbocycles. The summed E-state index contributed by atoms with van der Waals surface area (Å²) in [6.07, 6.45) is -1.51. The number of Topliss-reactive ketones (excluding diaryl/α,β-unsaturated/α-hetero) is 1. The van der Waals surface area contributed by atoms with Crippen molar-refractivity contribution < 1.29 is 18.0 Å². The molecule has 1 fully saturated rings. The maximum absolute atomic E-state index is 14.1. The van der Waals surface area contributed by atoms with E-state index in [2.05, 4.69) is 10.1 Å². The van der Waals surface area contributed by atoms with Crippen LogP contribution in [0.1, 0.15) is 40.9 Å². The highest BCUT2D eigenvalue weighted by Gasteiger charge is 2.51. The van der Waals surface area contributed by atoms with Crippen molar-refractivity contribution >= 4 is 5.78 Å². The molecule has 4 nitrogen and oxygen atoms in total. The number of alkyl halides is 3. The van der Waals surface area contributed by atoms with E-state index in [9.17, 15) is 18.0 Å². The zero-order valence-corrected chi connectivity index (χ0v) is 11.4. The summed E-state index contributed by atoms with van der Waals surface area (Å²) < 4.78 is 42.4. The van der Waals surface area contributed by atoms with Crippen molar-refractivity contribution in [3.63, 3.8) is 0 Å². The molecule has 0 spiro atoms. The van der Waals surface area contributed by atoms with Gasteiger partial charge in [0.2, 0.25) is 11.6 Å². The molecular formula is C15H12F3N3O. The number of carbonyl (C=O) groups excluding carboxylic acids is 1. The Bertz CT molecular complexity index is 744. The van der Waals surface area contributed by atoms with Crippen molar-refractivity contribution in [3.8, 4) is 0 Å². The minimum atomic E-state index is -3.15. The lowest BCUT2D eigenvalue weighted by Gasteiger charge is -2.11. The molecule has 114 valence electrons. The molecule has 0 amide bonds. The fourth-order valence-corrected chi connectivity index (χ4v) is 2.85. The summed E-state index contributed by atoms with van der Waals surface area (Å²) in [7, 11) is 0. The van der Waals surface area contributed by atoms with Gasteiger partial charge in [0, 0.05) is 6.42 Å². The molecule has 4 rings (SSSR count). The predicted molar refractivity (Wildman–Crippen MR) is 70.4 cm³/mol. The molecular weight excluding hydrogens is 295 g/mol. The van der Waals surface area contributed by atoms with E-state index in [1.807, 2.05) is 0 Å². The molecule has 0 saturated heterocycles. The van der Waals surface area contributed by atoms with E-state index < -0.39 is 42.1 Å². The van der Waals surface area contributed by atoms with Gasteiger partial charge < -0.3 is 0 Å². The maximum Gasteiger partial charge on any atom is 0.308 e. The van der Waals surface area contributed by atoms with E-state index in [0.29, 0.717) is 5.56 Å². The van der Waals surface area contributed by atoms with Gasteiger partial charge in [-0.2, -0.15) is 8.78 Å². The Morgan fingerprint density at radius 2 is 1.95 bits per heavy atom. The number of ketones is 1. The van der Waals surface area contributed by atoms with Crippen LogP contribution >= 0.6 is 0 Å². The largest absolute Gasteiger partial charge is 0.308 e. The van der Waals surface area contributed by atoms with Crippen LogP contribution in [0.5, 0.6) is 0 Å². The normalized spacial score (nSPS) is 28.4. The first-order valence-corrected chi connectivity index (χ1v) is 7.05. The summed E-state index contributed by atoms with van der Waals surface area (Å²) in [6, 6.07) is 8.11. The summed E-state index contributed by atoms with van der Waals surface area (Å²) in [5, 5.41) is 3.95. The van der Waals surface area contributed by atoms with Crippen LogP contribution in [-0.2, 0) is 5.92 Å². The molecule has 1 aliphatic heterocycles. The predicted octanol–water partition coefficient (Wildman–Crippen LogP) is 2.90. The summed E-state index contributed by atoms with van der Waals surface area (Å²) in [5.74, 6) is -5.32. The van der Waals surface area contributed by atoms with Crippen LogP contribution in [0.3, 0.4) is 0 Å². The summed E-state index contributed by atoms with van der Waals surface area (Å²) in [4.78, 5) is 15.7. The van der Waals surface area contributed by atoms with Gasteiger partial charge in [-0.25, -0.2) is 14.1 Å². The van der Waals surface area contributed by atoms with Gasteiger partial charge in [-0.15, -0.1) is 5.10 Å². The van der Waals surface area contributed by atoms with Crippen LogP contribution in [0.25, 0.3) is 0 Å². The molecule has 1 aliphatic carbocycles. The molecule has 2 heterocycles. The highest BCUT2D eigenvalue weighted by Crippen LogP contribution is 2.45. The van der Waals surface area contributed by atoms with E-state index in [-0.39, 0.29) is 12.2 Å². The molecule has 1 aromatic heterocycles. The second kappa shape index (κ2) is 4.41. The van der Waals surface area contributed by atoms with Gasteiger partial charge in [0.1, 0.15) is 6.17 Å². The maximum atomic E-state index is 14.1. The Kier molecular flexibility index (Phi) is 2.70. The van der Waals surface area contributed by atoms with Gasteiger partial charge in [-0.3, -0.25) is 4.79 Å². The molecule has 0 N–H and O–H groups in total. The van der Waals surface area contributed by atoms with Crippen molar-refractivity contribution in [2.24, 2.45) is 5.92 Å². The highest BCUT2D eigenvalue weighted by atomic mass is 19.3. The quantitative estimate of drug-likeness (QED) is 0.819. The Hall–Kier alpha value is -2.18. The lowest BCUT2D eigenvalue weighted by molar-refractivity contribution is -0.00883. The van der Waals surface area contributed by atoms with Crippen LogP contribution in [-0.4, -0.2) is 26.7 Å². The number of nitrogens with zero attached hydrogens (tertiary/aromatic N) is 3. The van der Waals surface area contributed by atoms with Crippen molar-refractivity contribution in [2.75, 3.05) is 0 Å². The average Bonchev–Trinajstić information content (AvgIpc) is 2.97. The average molecular weight is 307 g/mol. The molecule has 2 aliphatic rings. The number of hydrogen-bond acceptors (Lipinski definition) is 3. The molecule has 22 heavy (non-hydrogen) atoms. The topological polar surface area (TPSA) is 47.8 Å². The van der Waals surface area contributed by atoms with Crippen LogP contribution in [0.4, 0.5) is 13.2 Å². The third-order valence-corrected chi connectivity index (χ3v) is 4.16. The van der Waals surface area contributed by atoms with Crippen LogP contribution in [0, 0.1) is 5.92 Å². The van der Waals surface area contributed by atoms with Gasteiger partial charge in [-0.1, -0.05) is 30.3 Å². The standard InChI is InChI=1S/C15H12F3N3O/c16-10-6-9(10)12(22)13-19-14-15(17,18)7-11(21(14)20-13)8-4-2-1-3-5-8/h1-5,9-11H,6-7H2/t9?,10-,11-/m0/s1. The Morgan fingerprint density at radius 1 is 1.27 bits per heavy atom. The van der Waals surface area contributed by atoms with Gasteiger partial charge in [0.05, 0.1) is 12.0 Å². The molecule has 1 unspecified atom stereocenters. The molecule has 3 atom stereocenters. The first-order valence-electron chi connectivity index (χ1n) is 7.05. The second-order valence-corrected chi connectivity index (χ2v) is 5.76. The third kappa shape index (κ3) is 1.95. The second-order valence-electron chi connectivity index (χ2n) is 5.76. The molecule has 0 bridgehead atoms. The van der Waals surface area contributed by atoms with E-state index in [4.69, 9.17) is 0 Å². The monoisotopic (exact) mass is 307 g/mol. The van der Waals surface area contributed by atoms with Gasteiger partial charge in [0.25, 0.3) is 0 Å². The number of halogens is 3. The number of aromatic nitrogens is 3. The lowest BCUT2D eigenvalue weighted by Crippen LogP contribution is -2.13. The third-order valence-electron chi connectivity index (χ3n) is 4.16. The van der Waals surface area contributed by atoms with Crippen LogP contribution in [0.15, 0.2) is 30.3 Å². The first kappa shape index (κ1) is 13.5. The number of fused-ring (bicyclic) bond motifs is 1. The minimum Gasteiger partial charge on any atom is -0.290 e. The molecule has 0 radical (unpaired) electrons. The number of carbonyl (C=O) groups is 1. The Labute approximate surface area is 124 Å². The van der Waals surface area contributed by atoms with Gasteiger partial charge >= 0.3 is 5.92 Å². The Balaban J connectivity index is 1.74.